The van der Waals surface area contributed by atoms with Crippen LogP contribution < -0.4 is 11.1 Å². The monoisotopic (exact) mass is 755 g/mol. The number of nitrogens with one attached hydrogen (secondary N) is 1. The molecule has 5 heterocycles. The van der Waals surface area contributed by atoms with E-state index < -0.39 is 35.5 Å². The van der Waals surface area contributed by atoms with Crippen molar-refractivity contribution in [1.82, 2.24) is 24.5 Å². The number of nitrogens with zero attached hydrogens (tertiary/aromatic N) is 5. The van der Waals surface area contributed by atoms with Gasteiger partial charge in [-0.3, -0.25) is 15.0 Å². The number of hydrogen-bond donors (Lipinski definition) is 2. The molecule has 262 valence electrons. The minimum Gasteiger partial charge on any atom is -0.436 e. The van der Waals surface area contributed by atoms with Crippen LogP contribution in [0, 0.1) is 0 Å². The van der Waals surface area contributed by atoms with Crippen LogP contribution in [0.2, 0.25) is 0 Å². The van der Waals surface area contributed by atoms with Crippen molar-refractivity contribution in [3.8, 4) is 0 Å². The first kappa shape index (κ1) is 34.8. The van der Waals surface area contributed by atoms with E-state index in [1.54, 1.807) is 9.80 Å². The number of nitrogens with two attached hydrogens (primary N) is 1. The van der Waals surface area contributed by atoms with Crippen molar-refractivity contribution in [1.29, 1.82) is 0 Å². The van der Waals surface area contributed by atoms with E-state index in [0.717, 1.165) is 55.7 Å². The third-order valence-corrected chi connectivity index (χ3v) is 11.5. The van der Waals surface area contributed by atoms with Gasteiger partial charge in [0.2, 0.25) is 0 Å². The lowest BCUT2D eigenvalue weighted by Crippen LogP contribution is -2.54. The van der Waals surface area contributed by atoms with Gasteiger partial charge in [0.15, 0.2) is 6.10 Å². The summed E-state index contributed by atoms with van der Waals surface area (Å²) in [6.07, 6.45) is -4.37. The third-order valence-electron chi connectivity index (χ3n) is 10.00. The average molecular weight is 757 g/mol. The molecule has 6 rings (SSSR count). The Bertz CT molecular complexity index is 1500. The fourth-order valence-corrected chi connectivity index (χ4v) is 8.41. The van der Waals surface area contributed by atoms with E-state index in [-0.39, 0.29) is 28.5 Å². The molecule has 3 fully saturated rings. The number of piperidine rings is 2. The van der Waals surface area contributed by atoms with Crippen LogP contribution in [-0.2, 0) is 28.7 Å². The van der Waals surface area contributed by atoms with E-state index in [1.165, 1.54) is 22.3 Å². The van der Waals surface area contributed by atoms with E-state index in [4.69, 9.17) is 10.5 Å². The highest BCUT2D eigenvalue weighted by molar-refractivity contribution is 9.10. The lowest BCUT2D eigenvalue weighted by Gasteiger charge is -2.42. The largest absolute Gasteiger partial charge is 0.436 e. The molecular formula is C32H41BrF3N7O4S. The maximum absolute atomic E-state index is 14.0. The normalized spacial score (nSPS) is 21.2. The Morgan fingerprint density at radius 3 is 2.33 bits per heavy atom. The summed E-state index contributed by atoms with van der Waals surface area (Å²) in [6, 6.07) is 4.45. The van der Waals surface area contributed by atoms with Gasteiger partial charge in [-0.05, 0) is 77.8 Å². The number of nitrogen functional groups attached to an aromatic ring is 1. The minimum atomic E-state index is -4.70. The molecule has 0 radical (unpaired) electrons. The molecule has 4 aliphatic rings. The summed E-state index contributed by atoms with van der Waals surface area (Å²) in [7, 11) is 2.10. The Kier molecular flexibility index (Phi) is 10.4. The highest BCUT2D eigenvalue weighted by Crippen LogP contribution is 2.38. The predicted molar refractivity (Wildman–Crippen MR) is 180 cm³/mol. The molecular weight excluding hydrogens is 715 g/mol. The highest BCUT2D eigenvalue weighted by atomic mass is 79.9. The number of hydrogen-bond acceptors (Lipinski definition) is 8. The number of halogens is 4. The van der Waals surface area contributed by atoms with Crippen molar-refractivity contribution in [2.75, 3.05) is 70.5 Å². The Morgan fingerprint density at radius 2 is 1.67 bits per heavy atom. The van der Waals surface area contributed by atoms with Crippen molar-refractivity contribution >= 4 is 56.0 Å². The molecule has 48 heavy (non-hydrogen) atoms. The lowest BCUT2D eigenvalue weighted by atomic mass is 9.99. The van der Waals surface area contributed by atoms with Crippen LogP contribution in [-0.4, -0.2) is 120 Å². The van der Waals surface area contributed by atoms with Gasteiger partial charge in [-0.25, -0.2) is 9.59 Å². The number of likely N-dealkylation sites (N-methyl/N-ethyl adjacent to an activating group) is 1. The van der Waals surface area contributed by atoms with Gasteiger partial charge >= 0.3 is 18.3 Å². The second kappa shape index (κ2) is 14.4. The number of piperazine rings is 1. The van der Waals surface area contributed by atoms with Crippen LogP contribution in [0.5, 0.6) is 0 Å². The number of carbonyl (C=O) groups is 3. The van der Waals surface area contributed by atoms with Gasteiger partial charge in [0.25, 0.3) is 5.91 Å². The number of anilines is 2. The standard InChI is InChI=1S/C32H41BrF3N7O4S/c1-39-11-13-40(14-12-39)22-2-7-41(8-3-22)29(44)26(18-20-16-24(32(34,35)36)27(37)25(33)17-20)47-31(46)42-9-4-23(5-10-42)43-19-21-6-15-48-28(21)38-30(43)45/h6,15-17,22-23,26H,2-5,7-14,18-19,37H2,1H3,(H,38,45)/t26-/m1/s1. The molecule has 1 atom stereocenters. The number of rotatable bonds is 6. The van der Waals surface area contributed by atoms with Gasteiger partial charge in [-0.1, -0.05) is 0 Å². The lowest BCUT2D eigenvalue weighted by molar-refractivity contribution is -0.142. The van der Waals surface area contributed by atoms with Crippen molar-refractivity contribution < 1.29 is 32.3 Å². The van der Waals surface area contributed by atoms with Crippen LogP contribution in [0.4, 0.5) is 33.4 Å². The van der Waals surface area contributed by atoms with Gasteiger partial charge in [-0.15, -0.1) is 11.3 Å². The first-order chi connectivity index (χ1) is 22.9. The van der Waals surface area contributed by atoms with E-state index in [0.29, 0.717) is 51.6 Å². The fourth-order valence-electron chi connectivity index (χ4n) is 7.11. The van der Waals surface area contributed by atoms with Gasteiger partial charge in [-0.2, -0.15) is 13.2 Å². The number of alkyl halides is 3. The summed E-state index contributed by atoms with van der Waals surface area (Å²) < 4.78 is 47.3. The van der Waals surface area contributed by atoms with E-state index in [9.17, 15) is 27.6 Å². The summed E-state index contributed by atoms with van der Waals surface area (Å²) in [6.45, 7) is 5.99. The SMILES string of the molecule is CN1CCN(C2CCN(C(=O)[C@@H](Cc3cc(Br)c(N)c(C(F)(F)F)c3)OC(=O)N3CCC(N4Cc5ccsc5NC4=O)CC3)CC2)CC1. The molecule has 0 aliphatic carbocycles. The summed E-state index contributed by atoms with van der Waals surface area (Å²) in [4.78, 5) is 49.9. The number of amides is 4. The first-order valence-corrected chi connectivity index (χ1v) is 18.0. The topological polar surface area (TPSA) is 115 Å². The quantitative estimate of drug-likeness (QED) is 0.403. The summed E-state index contributed by atoms with van der Waals surface area (Å²) >= 11 is 4.61. The second-order valence-corrected chi connectivity index (χ2v) is 14.8. The molecule has 16 heteroatoms. The maximum Gasteiger partial charge on any atom is 0.418 e. The van der Waals surface area contributed by atoms with Crippen LogP contribution in [0.25, 0.3) is 0 Å². The van der Waals surface area contributed by atoms with Gasteiger partial charge in [0.05, 0.1) is 17.8 Å². The minimum absolute atomic E-state index is 0.0521. The molecule has 1 aromatic carbocycles. The highest BCUT2D eigenvalue weighted by Gasteiger charge is 2.38. The zero-order valence-electron chi connectivity index (χ0n) is 26.8. The van der Waals surface area contributed by atoms with Gasteiger partial charge in [0.1, 0.15) is 5.00 Å². The maximum atomic E-state index is 14.0. The molecule has 11 nitrogen and oxygen atoms in total. The van der Waals surface area contributed by atoms with E-state index in [2.05, 4.69) is 38.1 Å². The second-order valence-electron chi connectivity index (χ2n) is 13.1. The molecule has 3 N–H and O–H groups in total. The molecule has 0 unspecified atom stereocenters. The van der Waals surface area contributed by atoms with Crippen molar-refractivity contribution in [3.05, 3.63) is 44.7 Å². The number of fused-ring (bicyclic) bond motifs is 1. The van der Waals surface area contributed by atoms with Crippen LogP contribution in [0.1, 0.15) is 42.4 Å². The van der Waals surface area contributed by atoms with Gasteiger partial charge < -0.3 is 30.1 Å². The van der Waals surface area contributed by atoms with Crippen molar-refractivity contribution in [2.24, 2.45) is 0 Å². The molecule has 0 spiro atoms. The Hall–Kier alpha value is -3.08. The number of carbonyl (C=O) groups excluding carboxylic acids is 3. The van der Waals surface area contributed by atoms with Crippen molar-refractivity contribution in [2.45, 2.75) is 63.0 Å². The number of likely N-dealkylation sites (tertiary alicyclic amines) is 2. The van der Waals surface area contributed by atoms with E-state index in [1.807, 2.05) is 11.4 Å². The average Bonchev–Trinajstić information content (AvgIpc) is 3.52. The van der Waals surface area contributed by atoms with Crippen LogP contribution in [0.3, 0.4) is 0 Å². The van der Waals surface area contributed by atoms with E-state index >= 15 is 0 Å². The predicted octanol–water partition coefficient (Wildman–Crippen LogP) is 4.91. The summed E-state index contributed by atoms with van der Waals surface area (Å²) in [5.41, 5.74) is 5.49. The number of benzene rings is 1. The summed E-state index contributed by atoms with van der Waals surface area (Å²) in [5.74, 6) is -0.423. The number of ether oxygens (including phenoxy) is 1. The van der Waals surface area contributed by atoms with Crippen molar-refractivity contribution in [3.63, 3.8) is 0 Å². The molecule has 2 aromatic rings. The molecule has 1 aromatic heterocycles. The smallest absolute Gasteiger partial charge is 0.418 e. The Morgan fingerprint density at radius 1 is 1.02 bits per heavy atom. The zero-order valence-corrected chi connectivity index (χ0v) is 29.2. The fraction of sp³-hybridized carbons (Fsp3) is 0.594. The Labute approximate surface area is 290 Å². The molecule has 0 saturated carbocycles. The number of urea groups is 1. The first-order valence-electron chi connectivity index (χ1n) is 16.3. The molecule has 4 amide bonds. The molecule has 3 saturated heterocycles. The van der Waals surface area contributed by atoms with Crippen LogP contribution in [0.15, 0.2) is 28.1 Å². The molecule has 0 bridgehead atoms. The van der Waals surface area contributed by atoms with Gasteiger partial charge in [0, 0.05) is 80.9 Å². The molecule has 4 aliphatic heterocycles. The number of thiophene rings is 1. The zero-order chi connectivity index (χ0) is 34.2. The summed E-state index contributed by atoms with van der Waals surface area (Å²) in [5, 5.41) is 5.72. The Balaban J connectivity index is 1.13. The third kappa shape index (κ3) is 7.71. The van der Waals surface area contributed by atoms with Crippen LogP contribution >= 0.6 is 27.3 Å².